The molecule has 1 unspecified atom stereocenters. The molecule has 0 amide bonds. The smallest absolute Gasteiger partial charge is 0.258 e. The minimum Gasteiger partial charge on any atom is -0.334 e. The van der Waals surface area contributed by atoms with Crippen molar-refractivity contribution in [3.8, 4) is 0 Å². The number of nitrogens with one attached hydrogen (secondary N) is 1. The van der Waals surface area contributed by atoms with E-state index in [1.54, 1.807) is 14.0 Å². The lowest BCUT2D eigenvalue weighted by Crippen LogP contribution is -2.04. The molecule has 2 N–H and O–H groups in total. The highest BCUT2D eigenvalue weighted by molar-refractivity contribution is 8.08. The second kappa shape index (κ2) is 3.54. The summed E-state index contributed by atoms with van der Waals surface area (Å²) in [6, 6.07) is 0. The van der Waals surface area contributed by atoms with Crippen LogP contribution >= 0.6 is 6.64 Å². The van der Waals surface area contributed by atoms with E-state index in [9.17, 15) is 0 Å². The molecule has 0 rings (SSSR count). The van der Waals surface area contributed by atoms with Gasteiger partial charge in [-0.2, -0.15) is 0 Å². The molecule has 1 atom stereocenters. The summed E-state index contributed by atoms with van der Waals surface area (Å²) < 4.78 is 4.75. The molecule has 0 aliphatic carbocycles. The first-order valence-corrected chi connectivity index (χ1v) is 4.96. The quantitative estimate of drug-likeness (QED) is 0.581. The van der Waals surface area contributed by atoms with Gasteiger partial charge in [0.05, 0.1) is 6.61 Å². The zero-order chi connectivity index (χ0) is 6.62. The van der Waals surface area contributed by atoms with Crippen LogP contribution in [0.15, 0.2) is 0 Å². The van der Waals surface area contributed by atoms with E-state index in [1.807, 2.05) is 0 Å². The van der Waals surface area contributed by atoms with Crippen LogP contribution in [0.1, 0.15) is 6.92 Å². The molecular formula is C3H10NO2PS. The highest BCUT2D eigenvalue weighted by atomic mass is 32.5. The average molecular weight is 155 g/mol. The van der Waals surface area contributed by atoms with Crippen molar-refractivity contribution < 1.29 is 9.42 Å². The van der Waals surface area contributed by atoms with Gasteiger partial charge in [0.1, 0.15) is 0 Å². The maximum atomic E-state index is 8.92. The van der Waals surface area contributed by atoms with Crippen LogP contribution in [-0.2, 0) is 16.3 Å². The van der Waals surface area contributed by atoms with Crippen molar-refractivity contribution in [3.05, 3.63) is 0 Å². The Hall–Kier alpha value is 0.530. The Morgan fingerprint density at radius 1 is 1.88 bits per heavy atom. The van der Waals surface area contributed by atoms with E-state index in [2.05, 4.69) is 16.9 Å². The highest BCUT2D eigenvalue weighted by Gasteiger charge is 2.06. The fraction of sp³-hybridized carbons (Fsp3) is 1.00. The average Bonchev–Trinajstić information content (AvgIpc) is 1.67. The Kier molecular flexibility index (Phi) is 3.77. The highest BCUT2D eigenvalue weighted by Crippen LogP contribution is 2.35. The van der Waals surface area contributed by atoms with E-state index in [4.69, 9.17) is 9.42 Å². The largest absolute Gasteiger partial charge is 0.334 e. The van der Waals surface area contributed by atoms with Gasteiger partial charge in [0.15, 0.2) is 0 Å². The van der Waals surface area contributed by atoms with E-state index < -0.39 is 6.64 Å². The van der Waals surface area contributed by atoms with E-state index >= 15 is 0 Å². The lowest BCUT2D eigenvalue weighted by molar-refractivity contribution is 0.320. The SMILES string of the molecule is CCOP(O)(=S)NC. The van der Waals surface area contributed by atoms with E-state index in [0.29, 0.717) is 6.61 Å². The molecule has 0 aliphatic heterocycles. The lowest BCUT2D eigenvalue weighted by atomic mass is 10.9. The summed E-state index contributed by atoms with van der Waals surface area (Å²) in [7, 11) is 1.58. The Morgan fingerprint density at radius 3 is 2.50 bits per heavy atom. The molecule has 0 fully saturated rings. The second-order valence-corrected chi connectivity index (χ2v) is 4.39. The molecule has 0 aromatic rings. The predicted octanol–water partition coefficient (Wildman–Crippen LogP) is 0.459. The third-order valence-corrected chi connectivity index (χ3v) is 2.62. The second-order valence-electron chi connectivity index (χ2n) is 1.16. The van der Waals surface area contributed by atoms with Crippen LogP contribution in [0, 0.1) is 0 Å². The molecule has 8 heavy (non-hydrogen) atoms. The fourth-order valence-corrected chi connectivity index (χ4v) is 1.03. The summed E-state index contributed by atoms with van der Waals surface area (Å²) >= 11 is 4.58. The van der Waals surface area contributed by atoms with E-state index in [1.165, 1.54) is 0 Å². The molecule has 0 aliphatic rings. The third-order valence-electron chi connectivity index (χ3n) is 0.587. The molecule has 0 heterocycles. The molecule has 0 aromatic heterocycles. The van der Waals surface area contributed by atoms with Crippen molar-refractivity contribution in [1.29, 1.82) is 0 Å². The van der Waals surface area contributed by atoms with Crippen LogP contribution in [0.4, 0.5) is 0 Å². The van der Waals surface area contributed by atoms with Gasteiger partial charge in [0, 0.05) is 0 Å². The first kappa shape index (κ1) is 8.53. The van der Waals surface area contributed by atoms with Crippen molar-refractivity contribution >= 4 is 18.4 Å². The van der Waals surface area contributed by atoms with E-state index in [-0.39, 0.29) is 0 Å². The van der Waals surface area contributed by atoms with Gasteiger partial charge in [-0.25, -0.2) is 5.09 Å². The molecule has 0 saturated heterocycles. The molecule has 0 bridgehead atoms. The van der Waals surface area contributed by atoms with Crippen molar-refractivity contribution in [3.63, 3.8) is 0 Å². The first-order chi connectivity index (χ1) is 3.62. The lowest BCUT2D eigenvalue weighted by Gasteiger charge is -2.11. The Balaban J connectivity index is 3.55. The summed E-state index contributed by atoms with van der Waals surface area (Å²) in [5, 5.41) is 2.50. The molecule has 3 nitrogen and oxygen atoms in total. The topological polar surface area (TPSA) is 41.5 Å². The van der Waals surface area contributed by atoms with Crippen molar-refractivity contribution in [2.45, 2.75) is 6.92 Å². The van der Waals surface area contributed by atoms with E-state index in [0.717, 1.165) is 0 Å². The molecule has 0 aromatic carbocycles. The van der Waals surface area contributed by atoms with Gasteiger partial charge in [0.25, 0.3) is 6.64 Å². The zero-order valence-electron chi connectivity index (χ0n) is 4.92. The van der Waals surface area contributed by atoms with Crippen LogP contribution < -0.4 is 5.09 Å². The van der Waals surface area contributed by atoms with Gasteiger partial charge < -0.3 is 9.42 Å². The number of hydrogen-bond donors (Lipinski definition) is 2. The standard InChI is InChI=1S/C3H10NO2PS/c1-3-6-7(5,8)4-2/h3H2,1-2H3,(H2,4,5,8). The van der Waals surface area contributed by atoms with Gasteiger partial charge >= 0.3 is 0 Å². The van der Waals surface area contributed by atoms with Crippen LogP contribution in [0.5, 0.6) is 0 Å². The molecule has 0 saturated carbocycles. The molecular weight excluding hydrogens is 145 g/mol. The number of hydrogen-bond acceptors (Lipinski definition) is 2. The number of rotatable bonds is 3. The van der Waals surface area contributed by atoms with Gasteiger partial charge in [-0.3, -0.25) is 0 Å². The summed E-state index contributed by atoms with van der Waals surface area (Å²) in [5.41, 5.74) is 0. The monoisotopic (exact) mass is 155 g/mol. The normalized spacial score (nSPS) is 17.9. The van der Waals surface area contributed by atoms with Crippen molar-refractivity contribution in [2.75, 3.05) is 13.7 Å². The maximum Gasteiger partial charge on any atom is 0.258 e. The minimum atomic E-state index is -2.59. The molecule has 0 radical (unpaired) electrons. The van der Waals surface area contributed by atoms with Crippen LogP contribution in [0.3, 0.4) is 0 Å². The molecule has 50 valence electrons. The minimum absolute atomic E-state index is 0.453. The van der Waals surface area contributed by atoms with Crippen LogP contribution in [-0.4, -0.2) is 18.5 Å². The zero-order valence-corrected chi connectivity index (χ0v) is 6.63. The van der Waals surface area contributed by atoms with Crippen molar-refractivity contribution in [2.24, 2.45) is 0 Å². The molecule has 5 heteroatoms. The molecule has 0 spiro atoms. The fourth-order valence-electron chi connectivity index (χ4n) is 0.240. The summed E-state index contributed by atoms with van der Waals surface area (Å²) in [6.45, 7) is -0.351. The maximum absolute atomic E-state index is 8.92. The van der Waals surface area contributed by atoms with Crippen molar-refractivity contribution in [1.82, 2.24) is 5.09 Å². The summed E-state index contributed by atoms with van der Waals surface area (Å²) in [5.74, 6) is 0. The van der Waals surface area contributed by atoms with Gasteiger partial charge in [-0.15, -0.1) is 0 Å². The van der Waals surface area contributed by atoms with Gasteiger partial charge in [-0.05, 0) is 25.8 Å². The van der Waals surface area contributed by atoms with Crippen LogP contribution in [0.25, 0.3) is 0 Å². The third kappa shape index (κ3) is 3.52. The Morgan fingerprint density at radius 2 is 2.38 bits per heavy atom. The first-order valence-electron chi connectivity index (χ1n) is 2.28. The predicted molar refractivity (Wildman–Crippen MR) is 37.2 cm³/mol. The summed E-state index contributed by atoms with van der Waals surface area (Å²) in [4.78, 5) is 8.92. The van der Waals surface area contributed by atoms with Crippen LogP contribution in [0.2, 0.25) is 0 Å². The Bertz CT molecular complexity index is 107. The van der Waals surface area contributed by atoms with Gasteiger partial charge in [0.2, 0.25) is 0 Å². The van der Waals surface area contributed by atoms with Gasteiger partial charge in [-0.1, -0.05) is 0 Å². The Labute approximate surface area is 54.3 Å². The summed E-state index contributed by atoms with van der Waals surface area (Å²) in [6.07, 6.45) is 0.